The number of rotatable bonds is 4. The molecule has 0 saturated carbocycles. The van der Waals surface area contributed by atoms with E-state index in [9.17, 15) is 10.0 Å². The Kier molecular flexibility index (Phi) is 3.33. The van der Waals surface area contributed by atoms with Crippen molar-refractivity contribution in [2.75, 3.05) is 6.61 Å². The van der Waals surface area contributed by atoms with Gasteiger partial charge in [-0.25, -0.2) is 4.79 Å². The Labute approximate surface area is 106 Å². The minimum absolute atomic E-state index is 0.0113. The fraction of sp³-hybridized carbons (Fsp3) is 0.100. The second-order valence-electron chi connectivity index (χ2n) is 3.30. The summed E-state index contributed by atoms with van der Waals surface area (Å²) in [6.45, 7) is -0.541. The van der Waals surface area contributed by atoms with Crippen LogP contribution in [0.1, 0.15) is 0 Å². The van der Waals surface area contributed by atoms with E-state index in [4.69, 9.17) is 21.4 Å². The number of ether oxygens (including phenoxy) is 1. The molecule has 94 valence electrons. The van der Waals surface area contributed by atoms with E-state index in [0.29, 0.717) is 15.4 Å². The average molecular weight is 270 g/mol. The van der Waals surface area contributed by atoms with Crippen molar-refractivity contribution in [2.24, 2.45) is 0 Å². The lowest BCUT2D eigenvalue weighted by molar-refractivity contribution is -0.139. The number of hydrogen-bond acceptors (Lipinski definition) is 5. The van der Waals surface area contributed by atoms with Crippen molar-refractivity contribution in [2.45, 2.75) is 0 Å². The average Bonchev–Trinajstić information content (AvgIpc) is 2.69. The first-order valence-electron chi connectivity index (χ1n) is 4.81. The van der Waals surface area contributed by atoms with E-state index in [-0.39, 0.29) is 11.6 Å². The molecule has 2 aromatic heterocycles. The van der Waals surface area contributed by atoms with Gasteiger partial charge in [0.15, 0.2) is 6.61 Å². The second kappa shape index (κ2) is 4.92. The zero-order valence-electron chi connectivity index (χ0n) is 8.95. The minimum atomic E-state index is -1.13. The predicted molar refractivity (Wildman–Crippen MR) is 60.8 cm³/mol. The number of nitrogens with zero attached hydrogens (tertiary/aromatic N) is 3. The van der Waals surface area contributed by atoms with Crippen LogP contribution in [-0.4, -0.2) is 37.8 Å². The van der Waals surface area contributed by atoms with Crippen LogP contribution in [0.4, 0.5) is 0 Å². The van der Waals surface area contributed by atoms with Crippen LogP contribution in [0.2, 0.25) is 5.02 Å². The molecule has 2 N–H and O–H groups in total. The van der Waals surface area contributed by atoms with Crippen LogP contribution >= 0.6 is 11.6 Å². The highest BCUT2D eigenvalue weighted by Gasteiger charge is 2.13. The monoisotopic (exact) mass is 269 g/mol. The van der Waals surface area contributed by atoms with E-state index in [2.05, 4.69) is 10.1 Å². The highest BCUT2D eigenvalue weighted by Crippen LogP contribution is 2.28. The molecular weight excluding hydrogens is 262 g/mol. The largest absolute Gasteiger partial charge is 0.479 e. The second-order valence-corrected chi connectivity index (χ2v) is 3.70. The van der Waals surface area contributed by atoms with Gasteiger partial charge in [-0.15, -0.1) is 0 Å². The van der Waals surface area contributed by atoms with Gasteiger partial charge in [-0.05, 0) is 6.07 Å². The van der Waals surface area contributed by atoms with Crippen LogP contribution < -0.4 is 4.74 Å². The molecule has 0 amide bonds. The highest BCUT2D eigenvalue weighted by molar-refractivity contribution is 6.33. The molecule has 8 heteroatoms. The summed E-state index contributed by atoms with van der Waals surface area (Å²) in [5.74, 6) is -1.14. The number of carbonyl (C=O) groups is 1. The van der Waals surface area contributed by atoms with Crippen LogP contribution in [0.3, 0.4) is 0 Å². The van der Waals surface area contributed by atoms with Crippen molar-refractivity contribution >= 4 is 17.6 Å². The molecule has 0 unspecified atom stereocenters. The maximum Gasteiger partial charge on any atom is 0.341 e. The lowest BCUT2D eigenvalue weighted by Gasteiger charge is -2.00. The van der Waals surface area contributed by atoms with Gasteiger partial charge in [0.05, 0.1) is 5.02 Å². The Hall–Kier alpha value is -2.28. The Morgan fingerprint density at radius 2 is 2.33 bits per heavy atom. The first kappa shape index (κ1) is 12.2. The van der Waals surface area contributed by atoms with Crippen molar-refractivity contribution in [3.8, 4) is 17.1 Å². The topological polar surface area (TPSA) is 97.5 Å². The Bertz CT molecular complexity index is 584. The van der Waals surface area contributed by atoms with Crippen molar-refractivity contribution in [1.82, 2.24) is 14.9 Å². The summed E-state index contributed by atoms with van der Waals surface area (Å²) in [5, 5.41) is 22.0. The number of halogens is 1. The molecule has 0 bridgehead atoms. The summed E-state index contributed by atoms with van der Waals surface area (Å²) < 4.78 is 4.84. The molecule has 0 aliphatic rings. The smallest absolute Gasteiger partial charge is 0.341 e. The van der Waals surface area contributed by atoms with Gasteiger partial charge < -0.3 is 15.1 Å². The molecule has 0 atom stereocenters. The van der Waals surface area contributed by atoms with E-state index < -0.39 is 12.6 Å². The fourth-order valence-corrected chi connectivity index (χ4v) is 1.54. The quantitative estimate of drug-likeness (QED) is 0.812. The Morgan fingerprint density at radius 3 is 3.00 bits per heavy atom. The molecule has 2 rings (SSSR count). The van der Waals surface area contributed by atoms with Gasteiger partial charge in [-0.2, -0.15) is 0 Å². The van der Waals surface area contributed by atoms with Gasteiger partial charge in [0.1, 0.15) is 5.69 Å². The highest BCUT2D eigenvalue weighted by atomic mass is 35.5. The molecule has 0 aliphatic carbocycles. The van der Waals surface area contributed by atoms with Crippen LogP contribution in [0.25, 0.3) is 11.3 Å². The van der Waals surface area contributed by atoms with E-state index in [1.807, 2.05) is 0 Å². The standard InChI is InChI=1S/C10H8ClN3O4/c11-7-4-12-2-1-6(7)8-3-9(13-14(8)17)18-5-10(15)16/h1-4,17H,5H2,(H,15,16). The number of aromatic nitrogens is 3. The number of carboxylic acids is 1. The number of hydrogen-bond donors (Lipinski definition) is 2. The Balaban J connectivity index is 2.30. The molecule has 0 saturated heterocycles. The fourth-order valence-electron chi connectivity index (χ4n) is 1.33. The van der Waals surface area contributed by atoms with Gasteiger partial charge in [0, 0.05) is 24.0 Å². The van der Waals surface area contributed by atoms with Gasteiger partial charge in [0.25, 0.3) is 0 Å². The summed E-state index contributed by atoms with van der Waals surface area (Å²) >= 11 is 5.92. The first-order valence-corrected chi connectivity index (χ1v) is 5.19. The van der Waals surface area contributed by atoms with Gasteiger partial charge >= 0.3 is 5.97 Å². The van der Waals surface area contributed by atoms with Gasteiger partial charge in [-0.1, -0.05) is 21.5 Å². The van der Waals surface area contributed by atoms with Crippen LogP contribution in [-0.2, 0) is 4.79 Å². The van der Waals surface area contributed by atoms with E-state index in [1.165, 1.54) is 18.5 Å². The molecule has 18 heavy (non-hydrogen) atoms. The van der Waals surface area contributed by atoms with Crippen LogP contribution in [0, 0.1) is 0 Å². The van der Waals surface area contributed by atoms with E-state index >= 15 is 0 Å². The maximum atomic E-state index is 10.3. The summed E-state index contributed by atoms with van der Waals surface area (Å²) in [6.07, 6.45) is 2.92. The third kappa shape index (κ3) is 2.51. The molecule has 7 nitrogen and oxygen atoms in total. The van der Waals surface area contributed by atoms with Crippen molar-refractivity contribution in [3.05, 3.63) is 29.5 Å². The van der Waals surface area contributed by atoms with Gasteiger partial charge in [0.2, 0.25) is 5.88 Å². The molecular formula is C10H8ClN3O4. The zero-order valence-corrected chi connectivity index (χ0v) is 9.70. The normalized spacial score (nSPS) is 10.3. The first-order chi connectivity index (χ1) is 8.58. The molecule has 0 radical (unpaired) electrons. The number of pyridine rings is 1. The molecule has 0 fully saturated rings. The maximum absolute atomic E-state index is 10.3. The van der Waals surface area contributed by atoms with Crippen molar-refractivity contribution in [1.29, 1.82) is 0 Å². The SMILES string of the molecule is O=C(O)COc1cc(-c2ccncc2Cl)n(O)n1. The van der Waals surface area contributed by atoms with Crippen molar-refractivity contribution < 1.29 is 19.8 Å². The van der Waals surface area contributed by atoms with Gasteiger partial charge in [-0.3, -0.25) is 4.98 Å². The third-order valence-electron chi connectivity index (χ3n) is 2.06. The Morgan fingerprint density at radius 1 is 1.56 bits per heavy atom. The lowest BCUT2D eigenvalue weighted by atomic mass is 10.2. The molecule has 2 heterocycles. The summed E-state index contributed by atoms with van der Waals surface area (Å²) in [5.41, 5.74) is 0.787. The molecule has 0 aromatic carbocycles. The van der Waals surface area contributed by atoms with E-state index in [1.54, 1.807) is 6.07 Å². The molecule has 0 spiro atoms. The minimum Gasteiger partial charge on any atom is -0.479 e. The zero-order chi connectivity index (χ0) is 13.1. The lowest BCUT2D eigenvalue weighted by Crippen LogP contribution is -2.09. The van der Waals surface area contributed by atoms with Crippen molar-refractivity contribution in [3.63, 3.8) is 0 Å². The van der Waals surface area contributed by atoms with E-state index in [0.717, 1.165) is 0 Å². The summed E-state index contributed by atoms with van der Waals surface area (Å²) in [4.78, 5) is 14.7. The van der Waals surface area contributed by atoms with Crippen LogP contribution in [0.5, 0.6) is 5.88 Å². The number of carboxylic acid groups (broad SMARTS) is 1. The van der Waals surface area contributed by atoms with Crippen LogP contribution in [0.15, 0.2) is 24.5 Å². The predicted octanol–water partition coefficient (Wildman–Crippen LogP) is 1.30. The number of aliphatic carboxylic acids is 1. The molecule has 2 aromatic rings. The molecule has 0 aliphatic heterocycles. The summed E-state index contributed by atoms with van der Waals surface area (Å²) in [7, 11) is 0. The third-order valence-corrected chi connectivity index (χ3v) is 2.36. The summed E-state index contributed by atoms with van der Waals surface area (Å²) in [6, 6.07) is 2.97.